The van der Waals surface area contributed by atoms with Gasteiger partial charge in [0.15, 0.2) is 0 Å². The summed E-state index contributed by atoms with van der Waals surface area (Å²) in [4.78, 5) is 37.8. The van der Waals surface area contributed by atoms with E-state index in [9.17, 15) is 14.4 Å². The number of thiophene rings is 1. The lowest BCUT2D eigenvalue weighted by atomic mass is 9.95. The van der Waals surface area contributed by atoms with Gasteiger partial charge in [-0.2, -0.15) is 0 Å². The summed E-state index contributed by atoms with van der Waals surface area (Å²) >= 11 is 1.46. The van der Waals surface area contributed by atoms with Crippen molar-refractivity contribution >= 4 is 39.8 Å². The molecule has 0 atom stereocenters. The van der Waals surface area contributed by atoms with Crippen LogP contribution in [0.25, 0.3) is 0 Å². The largest absolute Gasteiger partial charge is 0.462 e. The normalized spacial score (nSPS) is 12.8. The van der Waals surface area contributed by atoms with Crippen LogP contribution in [0.3, 0.4) is 0 Å². The summed E-state index contributed by atoms with van der Waals surface area (Å²) in [6.45, 7) is 3.84. The molecule has 0 fully saturated rings. The highest BCUT2D eigenvalue weighted by atomic mass is 32.1. The zero-order valence-electron chi connectivity index (χ0n) is 16.1. The zero-order chi connectivity index (χ0) is 20.1. The molecule has 0 saturated carbocycles. The van der Waals surface area contributed by atoms with E-state index in [1.807, 2.05) is 0 Å². The molecule has 1 aliphatic rings. The first kappa shape index (κ1) is 20.1. The van der Waals surface area contributed by atoms with Gasteiger partial charge in [0.1, 0.15) is 5.00 Å². The highest BCUT2D eigenvalue weighted by Crippen LogP contribution is 2.38. The molecule has 2 aromatic rings. The topological polar surface area (TPSA) is 84.5 Å². The average molecular weight is 401 g/mol. The van der Waals surface area contributed by atoms with Gasteiger partial charge in [0, 0.05) is 22.5 Å². The summed E-state index contributed by atoms with van der Waals surface area (Å²) in [5, 5.41) is 6.19. The van der Waals surface area contributed by atoms with Gasteiger partial charge >= 0.3 is 5.97 Å². The molecule has 1 aromatic heterocycles. The van der Waals surface area contributed by atoms with E-state index < -0.39 is 0 Å². The molecule has 1 aliphatic carbocycles. The lowest BCUT2D eigenvalue weighted by Crippen LogP contribution is -2.16. The number of carbonyl (C=O) groups excluding carboxylic acids is 3. The molecule has 0 spiro atoms. The third kappa shape index (κ3) is 4.42. The maximum atomic E-state index is 12.7. The Morgan fingerprint density at radius 3 is 2.43 bits per heavy atom. The summed E-state index contributed by atoms with van der Waals surface area (Å²) in [7, 11) is 0. The van der Waals surface area contributed by atoms with Crippen molar-refractivity contribution in [1.29, 1.82) is 0 Å². The first-order valence-electron chi connectivity index (χ1n) is 9.56. The number of benzene rings is 1. The van der Waals surface area contributed by atoms with Gasteiger partial charge in [0.25, 0.3) is 5.91 Å². The number of rotatable bonds is 6. The number of ether oxygens (including phenoxy) is 1. The molecule has 28 heavy (non-hydrogen) atoms. The van der Waals surface area contributed by atoms with E-state index in [4.69, 9.17) is 4.74 Å². The van der Waals surface area contributed by atoms with Crippen molar-refractivity contribution in [2.24, 2.45) is 0 Å². The van der Waals surface area contributed by atoms with Crippen LogP contribution in [0, 0.1) is 0 Å². The molecule has 7 heteroatoms. The van der Waals surface area contributed by atoms with E-state index in [1.54, 1.807) is 38.1 Å². The van der Waals surface area contributed by atoms with E-state index >= 15 is 0 Å². The molecule has 2 amide bonds. The fourth-order valence-corrected chi connectivity index (χ4v) is 4.48. The second-order valence-electron chi connectivity index (χ2n) is 6.57. The third-order valence-corrected chi connectivity index (χ3v) is 5.84. The number of aryl methyl sites for hydroxylation is 1. The summed E-state index contributed by atoms with van der Waals surface area (Å²) in [6, 6.07) is 6.68. The standard InChI is InChI=1S/C21H24N2O4S/c1-3-17(24)22-14-11-9-13(10-12-14)19(25)23-20-18(21(26)27-4-2)15-7-5-6-8-16(15)28-20/h9-12H,3-8H2,1-2H3,(H,22,24)(H,23,25). The molecule has 0 radical (unpaired) electrons. The quantitative estimate of drug-likeness (QED) is 0.704. The molecule has 2 N–H and O–H groups in total. The van der Waals surface area contributed by atoms with E-state index in [2.05, 4.69) is 10.6 Å². The number of esters is 1. The molecule has 3 rings (SSSR count). The van der Waals surface area contributed by atoms with E-state index in [1.165, 1.54) is 11.3 Å². The second-order valence-corrected chi connectivity index (χ2v) is 7.67. The molecule has 0 aliphatic heterocycles. The summed E-state index contributed by atoms with van der Waals surface area (Å²) in [5.74, 6) is -0.757. The summed E-state index contributed by atoms with van der Waals surface area (Å²) in [5.41, 5.74) is 2.61. The predicted octanol–water partition coefficient (Wildman–Crippen LogP) is 4.40. The minimum atomic E-state index is -0.380. The SMILES string of the molecule is CCOC(=O)c1c(NC(=O)c2ccc(NC(=O)CC)cc2)sc2c1CCCC2. The maximum absolute atomic E-state index is 12.7. The Labute approximate surface area is 168 Å². The van der Waals surface area contributed by atoms with Gasteiger partial charge in [0.05, 0.1) is 12.2 Å². The minimum absolute atomic E-state index is 0.0829. The molecule has 0 unspecified atom stereocenters. The molecule has 6 nitrogen and oxygen atoms in total. The van der Waals surface area contributed by atoms with Crippen LogP contribution >= 0.6 is 11.3 Å². The van der Waals surface area contributed by atoms with Crippen molar-refractivity contribution in [3.8, 4) is 0 Å². The van der Waals surface area contributed by atoms with E-state index in [0.29, 0.717) is 34.8 Å². The Morgan fingerprint density at radius 1 is 1.04 bits per heavy atom. The van der Waals surface area contributed by atoms with Crippen molar-refractivity contribution in [3.05, 3.63) is 45.8 Å². The van der Waals surface area contributed by atoms with Crippen molar-refractivity contribution in [2.75, 3.05) is 17.2 Å². The Morgan fingerprint density at radius 2 is 1.75 bits per heavy atom. The molecule has 148 valence electrons. The molecule has 0 saturated heterocycles. The van der Waals surface area contributed by atoms with Crippen LogP contribution in [0.5, 0.6) is 0 Å². The first-order valence-corrected chi connectivity index (χ1v) is 10.4. The number of hydrogen-bond donors (Lipinski definition) is 2. The smallest absolute Gasteiger partial charge is 0.341 e. The minimum Gasteiger partial charge on any atom is -0.462 e. The summed E-state index contributed by atoms with van der Waals surface area (Å²) in [6.07, 6.45) is 4.28. The van der Waals surface area contributed by atoms with Crippen LogP contribution in [0.2, 0.25) is 0 Å². The maximum Gasteiger partial charge on any atom is 0.341 e. The molecular formula is C21H24N2O4S. The van der Waals surface area contributed by atoms with Crippen molar-refractivity contribution < 1.29 is 19.1 Å². The number of fused-ring (bicyclic) bond motifs is 1. The van der Waals surface area contributed by atoms with E-state index in [-0.39, 0.29) is 17.8 Å². The molecule has 1 heterocycles. The van der Waals surface area contributed by atoms with Crippen LogP contribution in [0.15, 0.2) is 24.3 Å². The Hall–Kier alpha value is -2.67. The fourth-order valence-electron chi connectivity index (χ4n) is 3.20. The highest BCUT2D eigenvalue weighted by Gasteiger charge is 2.27. The molecule has 1 aromatic carbocycles. The number of hydrogen-bond acceptors (Lipinski definition) is 5. The first-order chi connectivity index (χ1) is 13.5. The van der Waals surface area contributed by atoms with Gasteiger partial charge in [-0.25, -0.2) is 4.79 Å². The zero-order valence-corrected chi connectivity index (χ0v) is 16.9. The van der Waals surface area contributed by atoms with Crippen LogP contribution in [-0.4, -0.2) is 24.4 Å². The Balaban J connectivity index is 1.81. The lowest BCUT2D eigenvalue weighted by molar-refractivity contribution is -0.115. The molecular weight excluding hydrogens is 376 g/mol. The number of amides is 2. The fraction of sp³-hybridized carbons (Fsp3) is 0.381. The van der Waals surface area contributed by atoms with Crippen LogP contribution in [0.4, 0.5) is 10.7 Å². The number of anilines is 2. The number of nitrogens with one attached hydrogen (secondary N) is 2. The predicted molar refractivity (Wildman–Crippen MR) is 110 cm³/mol. The van der Waals surface area contributed by atoms with Gasteiger partial charge in [-0.15, -0.1) is 11.3 Å². The monoisotopic (exact) mass is 400 g/mol. The van der Waals surface area contributed by atoms with Gasteiger partial charge < -0.3 is 15.4 Å². The van der Waals surface area contributed by atoms with Gasteiger partial charge in [-0.05, 0) is 62.4 Å². The Kier molecular flexibility index (Phi) is 6.46. The lowest BCUT2D eigenvalue weighted by Gasteiger charge is -2.12. The van der Waals surface area contributed by atoms with Gasteiger partial charge in [0.2, 0.25) is 5.91 Å². The van der Waals surface area contributed by atoms with Crippen molar-refractivity contribution in [1.82, 2.24) is 0 Å². The van der Waals surface area contributed by atoms with Gasteiger partial charge in [-0.3, -0.25) is 9.59 Å². The summed E-state index contributed by atoms with van der Waals surface area (Å²) < 4.78 is 5.22. The van der Waals surface area contributed by atoms with Gasteiger partial charge in [-0.1, -0.05) is 6.92 Å². The second kappa shape index (κ2) is 9.01. The van der Waals surface area contributed by atoms with E-state index in [0.717, 1.165) is 36.1 Å². The Bertz CT molecular complexity index is 887. The van der Waals surface area contributed by atoms with Crippen LogP contribution < -0.4 is 10.6 Å². The highest BCUT2D eigenvalue weighted by molar-refractivity contribution is 7.17. The van der Waals surface area contributed by atoms with Crippen molar-refractivity contribution in [3.63, 3.8) is 0 Å². The van der Waals surface area contributed by atoms with Crippen molar-refractivity contribution in [2.45, 2.75) is 46.0 Å². The van der Waals surface area contributed by atoms with Crippen LogP contribution in [0.1, 0.15) is 64.3 Å². The van der Waals surface area contributed by atoms with Crippen LogP contribution in [-0.2, 0) is 22.4 Å². The average Bonchev–Trinajstić information content (AvgIpc) is 3.06. The number of carbonyl (C=O) groups is 3. The third-order valence-electron chi connectivity index (χ3n) is 4.63. The molecule has 0 bridgehead atoms.